The summed E-state index contributed by atoms with van der Waals surface area (Å²) < 4.78 is 37.7. The van der Waals surface area contributed by atoms with Crippen LogP contribution in [0, 0.1) is 0 Å². The van der Waals surface area contributed by atoms with Crippen molar-refractivity contribution in [1.82, 2.24) is 0 Å². The average Bonchev–Trinajstić information content (AvgIpc) is 2.92. The zero-order valence-electron chi connectivity index (χ0n) is 21.9. The van der Waals surface area contributed by atoms with Gasteiger partial charge in [0.15, 0.2) is 0 Å². The Morgan fingerprint density at radius 1 is 0.821 bits per heavy atom. The van der Waals surface area contributed by atoms with E-state index in [1.807, 2.05) is 54.6 Å². The van der Waals surface area contributed by atoms with Crippen molar-refractivity contribution >= 4 is 19.8 Å². The molecular formula is C27H38NO10P. The lowest BCUT2D eigenvalue weighted by Gasteiger charge is -2.14. The van der Waals surface area contributed by atoms with Crippen molar-refractivity contribution in [2.75, 3.05) is 33.0 Å². The smallest absolute Gasteiger partial charge is 0.472 e. The molecule has 0 aliphatic rings. The molecule has 0 saturated heterocycles. The second kappa shape index (κ2) is 18.4. The number of aliphatic carboxylic acids is 1. The molecule has 2 atom stereocenters. The minimum Gasteiger partial charge on any atom is -0.494 e. The van der Waals surface area contributed by atoms with Crippen molar-refractivity contribution in [2.24, 2.45) is 5.73 Å². The van der Waals surface area contributed by atoms with Crippen LogP contribution in [0.5, 0.6) is 11.5 Å². The van der Waals surface area contributed by atoms with Gasteiger partial charge in [-0.15, -0.1) is 0 Å². The predicted molar refractivity (Wildman–Crippen MR) is 144 cm³/mol. The van der Waals surface area contributed by atoms with Gasteiger partial charge < -0.3 is 29.9 Å². The van der Waals surface area contributed by atoms with Gasteiger partial charge in [-0.3, -0.25) is 18.6 Å². The Labute approximate surface area is 228 Å². The van der Waals surface area contributed by atoms with Crippen LogP contribution >= 0.6 is 7.82 Å². The fourth-order valence-electron chi connectivity index (χ4n) is 3.31. The van der Waals surface area contributed by atoms with Gasteiger partial charge in [-0.2, -0.15) is 0 Å². The van der Waals surface area contributed by atoms with E-state index >= 15 is 0 Å². The first-order valence-electron chi connectivity index (χ1n) is 12.9. The number of esters is 1. The highest BCUT2D eigenvalue weighted by Gasteiger charge is 2.24. The van der Waals surface area contributed by atoms with Gasteiger partial charge in [0.2, 0.25) is 0 Å². The molecule has 11 nitrogen and oxygen atoms in total. The molecule has 0 amide bonds. The van der Waals surface area contributed by atoms with E-state index in [1.165, 1.54) is 0 Å². The minimum absolute atomic E-state index is 0.0119. The Morgan fingerprint density at radius 2 is 1.49 bits per heavy atom. The number of ether oxygens (including phenoxy) is 3. The third-order valence-electron chi connectivity index (χ3n) is 5.42. The maximum absolute atomic E-state index is 12.1. The predicted octanol–water partition coefficient (Wildman–Crippen LogP) is 4.12. The van der Waals surface area contributed by atoms with Crippen LogP contribution in [0.2, 0.25) is 0 Å². The molecule has 1 unspecified atom stereocenters. The number of carboxylic acids is 1. The van der Waals surface area contributed by atoms with E-state index in [0.29, 0.717) is 19.6 Å². The van der Waals surface area contributed by atoms with Crippen LogP contribution in [0.4, 0.5) is 0 Å². The summed E-state index contributed by atoms with van der Waals surface area (Å²) in [6.45, 7) is 0.370. The quantitative estimate of drug-likeness (QED) is 0.113. The van der Waals surface area contributed by atoms with E-state index in [0.717, 1.165) is 42.7 Å². The van der Waals surface area contributed by atoms with E-state index in [1.54, 1.807) is 0 Å². The van der Waals surface area contributed by atoms with Crippen LogP contribution in [0.1, 0.15) is 44.1 Å². The van der Waals surface area contributed by atoms with Gasteiger partial charge in [-0.25, -0.2) is 4.57 Å². The van der Waals surface area contributed by atoms with Gasteiger partial charge in [0.25, 0.3) is 0 Å². The van der Waals surface area contributed by atoms with Crippen LogP contribution in [-0.4, -0.2) is 61.0 Å². The third-order valence-corrected chi connectivity index (χ3v) is 6.40. The van der Waals surface area contributed by atoms with Crippen molar-refractivity contribution in [3.63, 3.8) is 0 Å². The van der Waals surface area contributed by atoms with Crippen LogP contribution in [0.15, 0.2) is 54.6 Å². The lowest BCUT2D eigenvalue weighted by atomic mass is 10.1. The van der Waals surface area contributed by atoms with E-state index < -0.39 is 32.4 Å². The highest BCUT2D eigenvalue weighted by Crippen LogP contribution is 2.43. The molecule has 0 radical (unpaired) electrons. The van der Waals surface area contributed by atoms with Gasteiger partial charge in [0.05, 0.1) is 33.0 Å². The molecule has 0 aromatic heterocycles. The zero-order chi connectivity index (χ0) is 28.3. The Morgan fingerprint density at radius 3 is 2.21 bits per heavy atom. The number of carboxylic acid groups (broad SMARTS) is 1. The van der Waals surface area contributed by atoms with E-state index in [4.69, 9.17) is 29.6 Å². The third kappa shape index (κ3) is 14.7. The number of carbonyl (C=O) groups is 2. The number of carbonyl (C=O) groups excluding carboxylic acids is 1. The number of phosphoric ester groups is 1. The fourth-order valence-corrected chi connectivity index (χ4v) is 4.10. The number of hydrogen-bond donors (Lipinski definition) is 3. The molecule has 0 spiro atoms. The van der Waals surface area contributed by atoms with Gasteiger partial charge in [0, 0.05) is 12.8 Å². The second-order valence-electron chi connectivity index (χ2n) is 8.65. The van der Waals surface area contributed by atoms with Crippen LogP contribution in [0.3, 0.4) is 0 Å². The highest BCUT2D eigenvalue weighted by molar-refractivity contribution is 7.47. The molecule has 0 heterocycles. The lowest BCUT2D eigenvalue weighted by Crippen LogP contribution is -2.34. The summed E-state index contributed by atoms with van der Waals surface area (Å²) in [7, 11) is -4.44. The first-order chi connectivity index (χ1) is 18.8. The number of para-hydroxylation sites is 2. The van der Waals surface area contributed by atoms with Crippen molar-refractivity contribution in [2.45, 2.75) is 51.0 Å². The molecule has 2 rings (SSSR count). The number of nitrogens with two attached hydrogens (primary N) is 1. The lowest BCUT2D eigenvalue weighted by molar-refractivity contribution is -0.143. The first-order valence-corrected chi connectivity index (χ1v) is 14.4. The number of unbranched alkanes of at least 4 members (excludes halogenated alkanes) is 3. The van der Waals surface area contributed by atoms with Gasteiger partial charge in [-0.1, -0.05) is 36.4 Å². The van der Waals surface area contributed by atoms with Crippen molar-refractivity contribution < 1.29 is 47.4 Å². The van der Waals surface area contributed by atoms with E-state index in [9.17, 15) is 19.0 Å². The standard InChI is InChI=1S/C27H38NO10P/c28-24(27(30)31)21-38-39(32,33)37-20-10-19-36-26(29)16-15-22-11-6-7-14-25(22)35-18-9-2-1-8-17-34-23-12-4-3-5-13-23/h3-7,11-14,24H,1-2,8-10,15-21,28H2,(H,30,31)(H,32,33)/t24-/m0/s1. The molecule has 2 aromatic carbocycles. The van der Waals surface area contributed by atoms with Gasteiger partial charge in [-0.05, 0) is 55.9 Å². The van der Waals surface area contributed by atoms with Gasteiger partial charge >= 0.3 is 19.8 Å². The molecular weight excluding hydrogens is 529 g/mol. The van der Waals surface area contributed by atoms with E-state index in [-0.39, 0.29) is 26.1 Å². The fraction of sp³-hybridized carbons (Fsp3) is 0.481. The van der Waals surface area contributed by atoms with E-state index in [2.05, 4.69) is 4.52 Å². The Hall–Kier alpha value is -2.95. The number of phosphoric acid groups is 1. The SMILES string of the molecule is N[C@@H](COP(=O)(O)OCCCOC(=O)CCc1ccccc1OCCCCCCOc1ccccc1)C(=O)O. The topological polar surface area (TPSA) is 164 Å². The summed E-state index contributed by atoms with van der Waals surface area (Å²) in [5.41, 5.74) is 6.11. The van der Waals surface area contributed by atoms with Crippen molar-refractivity contribution in [3.05, 3.63) is 60.2 Å². The minimum atomic E-state index is -4.44. The summed E-state index contributed by atoms with van der Waals surface area (Å²) in [5, 5.41) is 8.64. The van der Waals surface area contributed by atoms with Crippen LogP contribution in [-0.2, 0) is 34.4 Å². The summed E-state index contributed by atoms with van der Waals surface area (Å²) >= 11 is 0. The molecule has 0 fully saturated rings. The number of hydrogen-bond acceptors (Lipinski definition) is 9. The van der Waals surface area contributed by atoms with Gasteiger partial charge in [0.1, 0.15) is 17.5 Å². The Balaban J connectivity index is 1.55. The monoisotopic (exact) mass is 567 g/mol. The number of aryl methyl sites for hydroxylation is 1. The Bertz CT molecular complexity index is 1040. The molecule has 0 aliphatic carbocycles. The molecule has 0 aliphatic heterocycles. The summed E-state index contributed by atoms with van der Waals surface area (Å²) in [6, 6.07) is 15.9. The Kier molecular flexibility index (Phi) is 15.2. The summed E-state index contributed by atoms with van der Waals surface area (Å²) in [5.74, 6) is -0.158. The number of benzene rings is 2. The molecule has 0 bridgehead atoms. The van der Waals surface area contributed by atoms with Crippen LogP contribution in [0.25, 0.3) is 0 Å². The second-order valence-corrected chi connectivity index (χ2v) is 10.1. The largest absolute Gasteiger partial charge is 0.494 e. The molecule has 39 heavy (non-hydrogen) atoms. The summed E-state index contributed by atoms with van der Waals surface area (Å²) in [6.07, 6.45) is 4.74. The van der Waals surface area contributed by atoms with Crippen molar-refractivity contribution in [1.29, 1.82) is 0 Å². The zero-order valence-corrected chi connectivity index (χ0v) is 22.8. The molecule has 216 valence electrons. The maximum Gasteiger partial charge on any atom is 0.472 e. The highest BCUT2D eigenvalue weighted by atomic mass is 31.2. The number of rotatable bonds is 21. The molecule has 4 N–H and O–H groups in total. The van der Waals surface area contributed by atoms with Crippen molar-refractivity contribution in [3.8, 4) is 11.5 Å². The molecule has 0 saturated carbocycles. The summed E-state index contributed by atoms with van der Waals surface area (Å²) in [4.78, 5) is 32.2. The maximum atomic E-state index is 12.1. The van der Waals surface area contributed by atoms with Crippen LogP contribution < -0.4 is 15.2 Å². The molecule has 12 heteroatoms. The molecule has 2 aromatic rings. The first kappa shape index (κ1) is 32.3. The normalized spacial score (nSPS) is 13.3. The average molecular weight is 568 g/mol.